The Morgan fingerprint density at radius 1 is 1.16 bits per heavy atom. The molecule has 0 fully saturated rings. The molecule has 0 radical (unpaired) electrons. The van der Waals surface area contributed by atoms with E-state index in [-0.39, 0.29) is 5.92 Å². The molecule has 1 heterocycles. The van der Waals surface area contributed by atoms with E-state index >= 15 is 0 Å². The maximum absolute atomic E-state index is 13.8. The van der Waals surface area contributed by atoms with Crippen LogP contribution in [0.5, 0.6) is 0 Å². The SMILES string of the molecule is Cc1cc(C(Cl)C(C)c2ccccn2)c(F)cc1F. The lowest BCUT2D eigenvalue weighted by atomic mass is 9.95. The monoisotopic (exact) mass is 281 g/mol. The first-order valence-electron chi connectivity index (χ1n) is 6.01. The summed E-state index contributed by atoms with van der Waals surface area (Å²) in [6.45, 7) is 3.46. The van der Waals surface area contributed by atoms with Crippen molar-refractivity contribution in [3.05, 3.63) is 65.0 Å². The number of hydrogen-bond donors (Lipinski definition) is 0. The molecule has 4 heteroatoms. The Morgan fingerprint density at radius 3 is 2.53 bits per heavy atom. The maximum Gasteiger partial charge on any atom is 0.130 e. The zero-order valence-electron chi connectivity index (χ0n) is 10.7. The second-order valence-electron chi connectivity index (χ2n) is 4.57. The van der Waals surface area contributed by atoms with Crippen molar-refractivity contribution >= 4 is 11.6 Å². The molecule has 0 saturated carbocycles. The van der Waals surface area contributed by atoms with Crippen molar-refractivity contribution in [1.82, 2.24) is 4.98 Å². The third kappa shape index (κ3) is 2.92. The average Bonchev–Trinajstić information content (AvgIpc) is 2.42. The van der Waals surface area contributed by atoms with Crippen molar-refractivity contribution < 1.29 is 8.78 Å². The Balaban J connectivity index is 2.34. The molecular weight excluding hydrogens is 268 g/mol. The number of aromatic nitrogens is 1. The molecule has 1 aromatic heterocycles. The normalized spacial score (nSPS) is 14.2. The predicted octanol–water partition coefficient (Wildman–Crippen LogP) is 4.75. The minimum absolute atomic E-state index is 0.165. The van der Waals surface area contributed by atoms with Gasteiger partial charge in [-0.25, -0.2) is 8.78 Å². The first kappa shape index (κ1) is 13.9. The summed E-state index contributed by atoms with van der Waals surface area (Å²) in [5.74, 6) is -1.34. The summed E-state index contributed by atoms with van der Waals surface area (Å²) in [6.07, 6.45) is 1.67. The number of alkyl halides is 1. The van der Waals surface area contributed by atoms with Gasteiger partial charge >= 0.3 is 0 Å². The standard InChI is InChI=1S/C15H14ClF2N/c1-9-7-11(13(18)8-12(9)17)15(16)10(2)14-5-3-4-6-19-14/h3-8,10,15H,1-2H3. The number of halogens is 3. The summed E-state index contributed by atoms with van der Waals surface area (Å²) in [6, 6.07) is 7.85. The fourth-order valence-corrected chi connectivity index (χ4v) is 2.25. The molecule has 19 heavy (non-hydrogen) atoms. The highest BCUT2D eigenvalue weighted by atomic mass is 35.5. The van der Waals surface area contributed by atoms with Crippen LogP contribution in [0.3, 0.4) is 0 Å². The minimum Gasteiger partial charge on any atom is -0.261 e. The Hall–Kier alpha value is -1.48. The predicted molar refractivity (Wildman–Crippen MR) is 72.3 cm³/mol. The fourth-order valence-electron chi connectivity index (χ4n) is 1.96. The molecule has 0 aliphatic heterocycles. The lowest BCUT2D eigenvalue weighted by Crippen LogP contribution is -2.07. The van der Waals surface area contributed by atoms with E-state index in [4.69, 9.17) is 11.6 Å². The van der Waals surface area contributed by atoms with Gasteiger partial charge in [-0.05, 0) is 30.7 Å². The highest BCUT2D eigenvalue weighted by Gasteiger charge is 2.23. The molecule has 0 aliphatic carbocycles. The van der Waals surface area contributed by atoms with Crippen LogP contribution in [-0.4, -0.2) is 4.98 Å². The molecule has 0 N–H and O–H groups in total. The first-order chi connectivity index (χ1) is 9.00. The highest BCUT2D eigenvalue weighted by Crippen LogP contribution is 2.37. The average molecular weight is 282 g/mol. The highest BCUT2D eigenvalue weighted by molar-refractivity contribution is 6.21. The number of pyridine rings is 1. The molecule has 2 atom stereocenters. The number of rotatable bonds is 3. The van der Waals surface area contributed by atoms with Gasteiger partial charge in [0, 0.05) is 29.4 Å². The Kier molecular flexibility index (Phi) is 4.15. The van der Waals surface area contributed by atoms with Crippen molar-refractivity contribution in [2.24, 2.45) is 0 Å². The van der Waals surface area contributed by atoms with Crippen LogP contribution in [0.15, 0.2) is 36.5 Å². The van der Waals surface area contributed by atoms with Crippen molar-refractivity contribution in [1.29, 1.82) is 0 Å². The van der Waals surface area contributed by atoms with Gasteiger partial charge in [-0.2, -0.15) is 0 Å². The van der Waals surface area contributed by atoms with Crippen molar-refractivity contribution in [2.75, 3.05) is 0 Å². The van der Waals surface area contributed by atoms with E-state index in [0.717, 1.165) is 11.8 Å². The number of benzene rings is 1. The summed E-state index contributed by atoms with van der Waals surface area (Å²) >= 11 is 6.32. The van der Waals surface area contributed by atoms with Gasteiger partial charge in [-0.3, -0.25) is 4.98 Å². The third-order valence-corrected chi connectivity index (χ3v) is 3.78. The minimum atomic E-state index is -0.620. The molecule has 0 spiro atoms. The molecule has 0 bridgehead atoms. The third-order valence-electron chi connectivity index (χ3n) is 3.17. The second kappa shape index (κ2) is 5.66. The Labute approximate surface area is 116 Å². The largest absolute Gasteiger partial charge is 0.261 e. The van der Waals surface area contributed by atoms with Crippen LogP contribution in [0.2, 0.25) is 0 Å². The molecular formula is C15H14ClF2N. The van der Waals surface area contributed by atoms with E-state index in [9.17, 15) is 8.78 Å². The van der Waals surface area contributed by atoms with Crippen LogP contribution in [0.1, 0.15) is 35.0 Å². The van der Waals surface area contributed by atoms with E-state index < -0.39 is 17.0 Å². The Bertz CT molecular complexity index is 572. The molecule has 1 nitrogen and oxygen atoms in total. The van der Waals surface area contributed by atoms with E-state index in [2.05, 4.69) is 4.98 Å². The van der Waals surface area contributed by atoms with Gasteiger partial charge in [0.15, 0.2) is 0 Å². The van der Waals surface area contributed by atoms with E-state index in [1.807, 2.05) is 25.1 Å². The summed E-state index contributed by atoms with van der Waals surface area (Å²) < 4.78 is 27.1. The molecule has 100 valence electrons. The van der Waals surface area contributed by atoms with Gasteiger partial charge in [-0.1, -0.05) is 13.0 Å². The Morgan fingerprint density at radius 2 is 1.89 bits per heavy atom. The summed E-state index contributed by atoms with van der Waals surface area (Å²) in [5.41, 5.74) is 1.47. The van der Waals surface area contributed by atoms with E-state index in [1.165, 1.54) is 6.07 Å². The lowest BCUT2D eigenvalue weighted by Gasteiger charge is -2.19. The zero-order valence-corrected chi connectivity index (χ0v) is 11.5. The van der Waals surface area contributed by atoms with Crippen LogP contribution < -0.4 is 0 Å². The van der Waals surface area contributed by atoms with Gasteiger partial charge in [0.2, 0.25) is 0 Å². The van der Waals surface area contributed by atoms with E-state index in [0.29, 0.717) is 11.1 Å². The maximum atomic E-state index is 13.8. The molecule has 2 rings (SSSR count). The van der Waals surface area contributed by atoms with Gasteiger partial charge in [0.1, 0.15) is 11.6 Å². The van der Waals surface area contributed by atoms with Crippen molar-refractivity contribution in [3.63, 3.8) is 0 Å². The second-order valence-corrected chi connectivity index (χ2v) is 5.04. The van der Waals surface area contributed by atoms with Crippen LogP contribution in [-0.2, 0) is 0 Å². The topological polar surface area (TPSA) is 12.9 Å². The quantitative estimate of drug-likeness (QED) is 0.740. The van der Waals surface area contributed by atoms with Crippen molar-refractivity contribution in [3.8, 4) is 0 Å². The molecule has 0 aliphatic rings. The number of hydrogen-bond acceptors (Lipinski definition) is 1. The van der Waals surface area contributed by atoms with Crippen LogP contribution in [0.4, 0.5) is 8.78 Å². The van der Waals surface area contributed by atoms with Crippen LogP contribution in [0.25, 0.3) is 0 Å². The summed E-state index contributed by atoms with van der Waals surface area (Å²) in [7, 11) is 0. The molecule has 1 aromatic carbocycles. The summed E-state index contributed by atoms with van der Waals surface area (Å²) in [4.78, 5) is 4.21. The van der Waals surface area contributed by atoms with Crippen LogP contribution in [0, 0.1) is 18.6 Å². The van der Waals surface area contributed by atoms with Gasteiger partial charge < -0.3 is 0 Å². The van der Waals surface area contributed by atoms with Crippen LogP contribution >= 0.6 is 11.6 Å². The number of aryl methyl sites for hydroxylation is 1. The smallest absolute Gasteiger partial charge is 0.130 e. The first-order valence-corrected chi connectivity index (χ1v) is 6.45. The van der Waals surface area contributed by atoms with E-state index in [1.54, 1.807) is 13.1 Å². The molecule has 0 amide bonds. The molecule has 2 aromatic rings. The lowest BCUT2D eigenvalue weighted by molar-refractivity contribution is 0.556. The molecule has 2 unspecified atom stereocenters. The van der Waals surface area contributed by atoms with Gasteiger partial charge in [0.05, 0.1) is 5.38 Å². The summed E-state index contributed by atoms with van der Waals surface area (Å²) in [5, 5.41) is -0.589. The number of nitrogens with zero attached hydrogens (tertiary/aromatic N) is 1. The molecule has 0 saturated heterocycles. The van der Waals surface area contributed by atoms with Gasteiger partial charge in [-0.15, -0.1) is 11.6 Å². The van der Waals surface area contributed by atoms with Crippen molar-refractivity contribution in [2.45, 2.75) is 25.1 Å². The van der Waals surface area contributed by atoms with Gasteiger partial charge in [0.25, 0.3) is 0 Å². The fraction of sp³-hybridized carbons (Fsp3) is 0.267. The zero-order chi connectivity index (χ0) is 14.0.